The molecular weight excluding hydrogens is 272 g/mol. The van der Waals surface area contributed by atoms with E-state index < -0.39 is 0 Å². The van der Waals surface area contributed by atoms with E-state index >= 15 is 0 Å². The van der Waals surface area contributed by atoms with E-state index in [4.69, 9.17) is 9.97 Å². The van der Waals surface area contributed by atoms with Crippen molar-refractivity contribution in [3.05, 3.63) is 11.9 Å². The number of anilines is 2. The number of rotatable bonds is 7. The number of aromatic nitrogens is 2. The maximum atomic E-state index is 4.75. The zero-order valence-corrected chi connectivity index (χ0v) is 14.8. The lowest BCUT2D eigenvalue weighted by Gasteiger charge is -2.36. The summed E-state index contributed by atoms with van der Waals surface area (Å²) in [5.41, 5.74) is 0. The Morgan fingerprint density at radius 3 is 2.50 bits per heavy atom. The summed E-state index contributed by atoms with van der Waals surface area (Å²) in [6, 6.07) is 2.86. The van der Waals surface area contributed by atoms with Crippen LogP contribution in [0.25, 0.3) is 0 Å². The van der Waals surface area contributed by atoms with Gasteiger partial charge in [-0.1, -0.05) is 20.8 Å². The predicted octanol–water partition coefficient (Wildman–Crippen LogP) is 4.18. The summed E-state index contributed by atoms with van der Waals surface area (Å²) in [6.07, 6.45) is 7.43. The van der Waals surface area contributed by atoms with Gasteiger partial charge in [-0.25, -0.2) is 9.97 Å². The zero-order valence-electron chi connectivity index (χ0n) is 14.8. The molecule has 4 heteroatoms. The van der Waals surface area contributed by atoms with Crippen LogP contribution in [0.1, 0.15) is 65.1 Å². The normalized spacial score (nSPS) is 18.5. The lowest BCUT2D eigenvalue weighted by molar-refractivity contribution is 0.446. The maximum Gasteiger partial charge on any atom is 0.134 e. The largest absolute Gasteiger partial charge is 0.356 e. The molecule has 1 fully saturated rings. The van der Waals surface area contributed by atoms with Gasteiger partial charge >= 0.3 is 0 Å². The quantitative estimate of drug-likeness (QED) is 0.756. The van der Waals surface area contributed by atoms with E-state index in [1.165, 1.54) is 25.7 Å². The summed E-state index contributed by atoms with van der Waals surface area (Å²) in [7, 11) is 0. The van der Waals surface area contributed by atoms with Crippen LogP contribution < -0.4 is 9.80 Å². The van der Waals surface area contributed by atoms with E-state index in [1.807, 2.05) is 6.92 Å². The molecule has 0 bridgehead atoms. The van der Waals surface area contributed by atoms with Gasteiger partial charge in [0.15, 0.2) is 0 Å². The van der Waals surface area contributed by atoms with Crippen LogP contribution >= 0.6 is 0 Å². The average molecular weight is 304 g/mol. The first-order valence-corrected chi connectivity index (χ1v) is 9.06. The van der Waals surface area contributed by atoms with Crippen molar-refractivity contribution in [1.82, 2.24) is 9.97 Å². The summed E-state index contributed by atoms with van der Waals surface area (Å²) in [5.74, 6) is 3.13. The molecule has 1 atom stereocenters. The predicted molar refractivity (Wildman–Crippen MR) is 94.8 cm³/mol. The minimum atomic E-state index is 0.640. The number of hydrogen-bond donors (Lipinski definition) is 0. The first kappa shape index (κ1) is 17.0. The highest BCUT2D eigenvalue weighted by Crippen LogP contribution is 2.27. The van der Waals surface area contributed by atoms with Gasteiger partial charge in [-0.3, -0.25) is 0 Å². The molecule has 4 nitrogen and oxygen atoms in total. The highest BCUT2D eigenvalue weighted by molar-refractivity contribution is 5.52. The van der Waals surface area contributed by atoms with E-state index in [2.05, 4.69) is 36.6 Å². The van der Waals surface area contributed by atoms with Gasteiger partial charge in [0.25, 0.3) is 0 Å². The first-order valence-electron chi connectivity index (χ1n) is 9.06. The Labute approximate surface area is 135 Å². The average Bonchev–Trinajstić information content (AvgIpc) is 2.54. The van der Waals surface area contributed by atoms with Gasteiger partial charge in [0.05, 0.1) is 0 Å². The van der Waals surface area contributed by atoms with Crippen LogP contribution in [0.15, 0.2) is 6.07 Å². The molecule has 124 valence electrons. The first-order chi connectivity index (χ1) is 10.7. The summed E-state index contributed by atoms with van der Waals surface area (Å²) in [4.78, 5) is 14.4. The molecular formula is C18H32N4. The molecule has 0 spiro atoms. The van der Waals surface area contributed by atoms with E-state index in [0.29, 0.717) is 6.04 Å². The SMILES string of the molecule is CCCN(CCC)c1cc(N2CCCCC2CC)nc(C)n1. The van der Waals surface area contributed by atoms with Crippen molar-refractivity contribution < 1.29 is 0 Å². The number of piperidine rings is 1. The van der Waals surface area contributed by atoms with Crippen molar-refractivity contribution in [1.29, 1.82) is 0 Å². The topological polar surface area (TPSA) is 32.3 Å². The maximum absolute atomic E-state index is 4.75. The van der Waals surface area contributed by atoms with Gasteiger partial charge in [0.2, 0.25) is 0 Å². The minimum absolute atomic E-state index is 0.640. The van der Waals surface area contributed by atoms with Crippen molar-refractivity contribution >= 4 is 11.6 Å². The van der Waals surface area contributed by atoms with Crippen LogP contribution in [-0.2, 0) is 0 Å². The second-order valence-electron chi connectivity index (χ2n) is 6.37. The van der Waals surface area contributed by atoms with E-state index in [1.54, 1.807) is 0 Å². The molecule has 2 heterocycles. The lowest BCUT2D eigenvalue weighted by atomic mass is 10.00. The third-order valence-electron chi connectivity index (χ3n) is 4.51. The molecule has 22 heavy (non-hydrogen) atoms. The van der Waals surface area contributed by atoms with Gasteiger partial charge in [0.1, 0.15) is 17.5 Å². The second-order valence-corrected chi connectivity index (χ2v) is 6.37. The van der Waals surface area contributed by atoms with Gasteiger partial charge in [0, 0.05) is 31.7 Å². The molecule has 1 saturated heterocycles. The fourth-order valence-corrected chi connectivity index (χ4v) is 3.45. The van der Waals surface area contributed by atoms with E-state index in [-0.39, 0.29) is 0 Å². The molecule has 0 amide bonds. The molecule has 0 N–H and O–H groups in total. The monoisotopic (exact) mass is 304 g/mol. The number of hydrogen-bond acceptors (Lipinski definition) is 4. The van der Waals surface area contributed by atoms with Crippen LogP contribution in [0, 0.1) is 6.92 Å². The Morgan fingerprint density at radius 1 is 1.14 bits per heavy atom. The lowest BCUT2D eigenvalue weighted by Crippen LogP contribution is -2.40. The van der Waals surface area contributed by atoms with E-state index in [9.17, 15) is 0 Å². The van der Waals surface area contributed by atoms with Crippen LogP contribution in [-0.4, -0.2) is 35.6 Å². The highest BCUT2D eigenvalue weighted by Gasteiger charge is 2.23. The smallest absolute Gasteiger partial charge is 0.134 e. The molecule has 0 saturated carbocycles. The number of aryl methyl sites for hydroxylation is 1. The Kier molecular flexibility index (Phi) is 6.47. The van der Waals surface area contributed by atoms with Gasteiger partial charge in [-0.05, 0) is 45.4 Å². The van der Waals surface area contributed by atoms with Crippen molar-refractivity contribution in [2.75, 3.05) is 29.4 Å². The Balaban J connectivity index is 2.28. The summed E-state index contributed by atoms with van der Waals surface area (Å²) in [6.45, 7) is 12.1. The van der Waals surface area contributed by atoms with Crippen molar-refractivity contribution in [2.24, 2.45) is 0 Å². The summed E-state index contributed by atoms with van der Waals surface area (Å²) < 4.78 is 0. The van der Waals surface area contributed by atoms with Gasteiger partial charge in [-0.15, -0.1) is 0 Å². The van der Waals surface area contributed by atoms with Gasteiger partial charge in [-0.2, -0.15) is 0 Å². The van der Waals surface area contributed by atoms with Crippen LogP contribution in [0.3, 0.4) is 0 Å². The molecule has 0 aromatic carbocycles. The molecule has 1 aliphatic heterocycles. The van der Waals surface area contributed by atoms with Crippen molar-refractivity contribution in [2.45, 2.75) is 72.3 Å². The molecule has 0 aliphatic carbocycles. The Hall–Kier alpha value is -1.32. The Morgan fingerprint density at radius 2 is 1.86 bits per heavy atom. The third-order valence-corrected chi connectivity index (χ3v) is 4.51. The van der Waals surface area contributed by atoms with Crippen LogP contribution in [0.4, 0.5) is 11.6 Å². The van der Waals surface area contributed by atoms with Crippen LogP contribution in [0.5, 0.6) is 0 Å². The number of nitrogens with zero attached hydrogens (tertiary/aromatic N) is 4. The fourth-order valence-electron chi connectivity index (χ4n) is 3.45. The zero-order chi connectivity index (χ0) is 15.9. The molecule has 1 aromatic rings. The molecule has 1 aliphatic rings. The summed E-state index contributed by atoms with van der Waals surface area (Å²) in [5, 5.41) is 0. The molecule has 1 aromatic heterocycles. The second kappa shape index (κ2) is 8.35. The Bertz CT molecular complexity index is 454. The third kappa shape index (κ3) is 4.11. The van der Waals surface area contributed by atoms with E-state index in [0.717, 1.165) is 49.9 Å². The highest BCUT2D eigenvalue weighted by atomic mass is 15.3. The molecule has 0 radical (unpaired) electrons. The minimum Gasteiger partial charge on any atom is -0.356 e. The van der Waals surface area contributed by atoms with Crippen molar-refractivity contribution in [3.8, 4) is 0 Å². The van der Waals surface area contributed by atoms with Gasteiger partial charge < -0.3 is 9.80 Å². The molecule has 1 unspecified atom stereocenters. The standard InChI is InChI=1S/C18H32N4/c1-5-11-21(12-6-2)17-14-18(20-15(4)19-17)22-13-9-8-10-16(22)7-3/h14,16H,5-13H2,1-4H3. The molecule has 2 rings (SSSR count). The van der Waals surface area contributed by atoms with Crippen molar-refractivity contribution in [3.63, 3.8) is 0 Å². The fraction of sp³-hybridized carbons (Fsp3) is 0.778. The van der Waals surface area contributed by atoms with Crippen LogP contribution in [0.2, 0.25) is 0 Å². The summed E-state index contributed by atoms with van der Waals surface area (Å²) >= 11 is 0.